The topological polar surface area (TPSA) is 30.4 Å². The van der Waals surface area contributed by atoms with Crippen LogP contribution in [0.15, 0.2) is 24.2 Å². The van der Waals surface area contributed by atoms with E-state index in [1.807, 2.05) is 36.4 Å². The fraction of sp³-hybridized carbons (Fsp3) is 0.200. The van der Waals surface area contributed by atoms with Crippen LogP contribution in [0.3, 0.4) is 0 Å². The first-order valence-electron chi connectivity index (χ1n) is 4.45. The summed E-state index contributed by atoms with van der Waals surface area (Å²) in [5.74, 6) is 0.533. The molecule has 0 atom stereocenters. The zero-order chi connectivity index (χ0) is 9.59. The van der Waals surface area contributed by atoms with Gasteiger partial charge in [0.25, 0.3) is 0 Å². The van der Waals surface area contributed by atoms with Crippen LogP contribution in [0.2, 0.25) is 0 Å². The maximum atomic E-state index is 7.72. The van der Waals surface area contributed by atoms with Crippen molar-refractivity contribution >= 4 is 11.3 Å². The van der Waals surface area contributed by atoms with Gasteiger partial charge in [-0.25, -0.2) is 0 Å². The van der Waals surface area contributed by atoms with Crippen LogP contribution in [-0.4, -0.2) is 4.40 Å². The molecule has 2 aromatic rings. The maximum absolute atomic E-state index is 7.72. The van der Waals surface area contributed by atoms with E-state index in [0.29, 0.717) is 11.9 Å². The van der Waals surface area contributed by atoms with Crippen LogP contribution in [-0.2, 0) is 0 Å². The molecule has 0 aromatic carbocycles. The number of nitrogens with two attached hydrogens (primary N) is 1. The van der Waals surface area contributed by atoms with Crippen molar-refractivity contribution in [2.45, 2.75) is 13.8 Å². The van der Waals surface area contributed by atoms with Gasteiger partial charge in [-0.05, 0) is 37.6 Å². The minimum Gasteiger partial charge on any atom is -0.385 e. The second-order valence-corrected chi connectivity index (χ2v) is 3.02. The first-order valence-corrected chi connectivity index (χ1v) is 3.95. The van der Waals surface area contributed by atoms with E-state index in [1.165, 1.54) is 0 Å². The number of rotatable bonds is 0. The van der Waals surface area contributed by atoms with Gasteiger partial charge in [0.1, 0.15) is 5.82 Å². The van der Waals surface area contributed by atoms with Crippen molar-refractivity contribution in [3.05, 3.63) is 35.5 Å². The predicted octanol–water partition coefficient (Wildman–Crippen LogP) is 2.14. The molecule has 0 aliphatic heterocycles. The van der Waals surface area contributed by atoms with E-state index in [1.54, 1.807) is 0 Å². The molecule has 62 valence electrons. The van der Waals surface area contributed by atoms with Crippen LogP contribution in [0.25, 0.3) is 5.52 Å². The smallest absolute Gasteiger partial charge is 0.108 e. The van der Waals surface area contributed by atoms with Crippen LogP contribution >= 0.6 is 0 Å². The van der Waals surface area contributed by atoms with Gasteiger partial charge in [0, 0.05) is 5.69 Å². The maximum Gasteiger partial charge on any atom is 0.108 e. The van der Waals surface area contributed by atoms with Crippen molar-refractivity contribution < 1.29 is 1.37 Å². The zero-order valence-electron chi connectivity index (χ0n) is 8.26. The number of aryl methyl sites for hydroxylation is 2. The second-order valence-electron chi connectivity index (χ2n) is 3.02. The molecule has 2 N–H and O–H groups in total. The summed E-state index contributed by atoms with van der Waals surface area (Å²) in [5, 5.41) is 0. The van der Waals surface area contributed by atoms with Gasteiger partial charge in [-0.15, -0.1) is 0 Å². The molecule has 0 aliphatic carbocycles. The second kappa shape index (κ2) is 2.27. The number of nitrogens with zero attached hydrogens (tertiary/aromatic N) is 1. The normalized spacial score (nSPS) is 12.0. The van der Waals surface area contributed by atoms with Crippen LogP contribution in [0, 0.1) is 13.8 Å². The molecule has 0 spiro atoms. The molecule has 2 heterocycles. The lowest BCUT2D eigenvalue weighted by molar-refractivity contribution is 1.11. The van der Waals surface area contributed by atoms with Gasteiger partial charge in [0.15, 0.2) is 0 Å². The molecular formula is C10H12N2. The van der Waals surface area contributed by atoms with Crippen LogP contribution in [0.5, 0.6) is 0 Å². The Hall–Kier alpha value is -1.44. The van der Waals surface area contributed by atoms with Gasteiger partial charge >= 0.3 is 0 Å². The third kappa shape index (κ3) is 0.811. The number of aromatic nitrogens is 1. The summed E-state index contributed by atoms with van der Waals surface area (Å²) in [7, 11) is 0. The third-order valence-corrected chi connectivity index (χ3v) is 2.13. The van der Waals surface area contributed by atoms with Crippen molar-refractivity contribution in [3.8, 4) is 0 Å². The fourth-order valence-electron chi connectivity index (χ4n) is 1.54. The van der Waals surface area contributed by atoms with Gasteiger partial charge in [-0.3, -0.25) is 0 Å². The summed E-state index contributed by atoms with van der Waals surface area (Å²) >= 11 is 0. The molecule has 0 radical (unpaired) electrons. The van der Waals surface area contributed by atoms with Crippen LogP contribution < -0.4 is 5.73 Å². The largest absolute Gasteiger partial charge is 0.385 e. The standard InChI is InChI=1S/C10H12N2/c1-7-6-10(11)12-8(2)4-3-5-9(7)12/h3-6H,11H2,1-2H3/i6D. The van der Waals surface area contributed by atoms with Gasteiger partial charge < -0.3 is 10.1 Å². The molecule has 0 bridgehead atoms. The Balaban J connectivity index is 3.03. The Morgan fingerprint density at radius 2 is 2.17 bits per heavy atom. The van der Waals surface area contributed by atoms with Gasteiger partial charge in [0.05, 0.1) is 6.89 Å². The van der Waals surface area contributed by atoms with E-state index in [4.69, 9.17) is 7.10 Å². The Bertz CT molecular complexity index is 471. The number of pyridine rings is 1. The Labute approximate surface area is 73.0 Å². The van der Waals surface area contributed by atoms with Crippen molar-refractivity contribution in [3.63, 3.8) is 0 Å². The number of hydrogen-bond acceptors (Lipinski definition) is 1. The van der Waals surface area contributed by atoms with E-state index in [2.05, 4.69) is 0 Å². The van der Waals surface area contributed by atoms with Gasteiger partial charge in [-0.2, -0.15) is 0 Å². The Morgan fingerprint density at radius 3 is 2.83 bits per heavy atom. The quantitative estimate of drug-likeness (QED) is 0.630. The van der Waals surface area contributed by atoms with E-state index < -0.39 is 0 Å². The lowest BCUT2D eigenvalue weighted by atomic mass is 10.3. The van der Waals surface area contributed by atoms with E-state index in [-0.39, 0.29) is 0 Å². The molecule has 0 saturated heterocycles. The van der Waals surface area contributed by atoms with Gasteiger partial charge in [-0.1, -0.05) is 6.07 Å². The molecule has 0 saturated carbocycles. The minimum absolute atomic E-state index is 0.439. The monoisotopic (exact) mass is 161 g/mol. The van der Waals surface area contributed by atoms with E-state index in [9.17, 15) is 0 Å². The highest BCUT2D eigenvalue weighted by atomic mass is 15.0. The molecule has 2 heteroatoms. The van der Waals surface area contributed by atoms with Crippen molar-refractivity contribution in [1.82, 2.24) is 4.40 Å². The summed E-state index contributed by atoms with van der Waals surface area (Å²) in [6.07, 6.45) is 0. The minimum atomic E-state index is 0.439. The lowest BCUT2D eigenvalue weighted by Gasteiger charge is -2.01. The van der Waals surface area contributed by atoms with Crippen molar-refractivity contribution in [2.24, 2.45) is 0 Å². The summed E-state index contributed by atoms with van der Waals surface area (Å²) in [6, 6.07) is 6.39. The van der Waals surface area contributed by atoms with Crippen molar-refractivity contribution in [2.75, 3.05) is 5.73 Å². The average molecular weight is 161 g/mol. The molecule has 0 amide bonds. The first-order chi connectivity index (χ1) is 6.13. The third-order valence-electron chi connectivity index (χ3n) is 2.13. The van der Waals surface area contributed by atoms with E-state index >= 15 is 0 Å². The highest BCUT2D eigenvalue weighted by Crippen LogP contribution is 2.19. The molecule has 0 unspecified atom stereocenters. The fourth-order valence-corrected chi connectivity index (χ4v) is 1.54. The zero-order valence-corrected chi connectivity index (χ0v) is 7.26. The molecule has 12 heavy (non-hydrogen) atoms. The molecule has 2 aromatic heterocycles. The molecule has 0 aliphatic rings. The molecule has 2 nitrogen and oxygen atoms in total. The predicted molar refractivity (Wildman–Crippen MR) is 51.3 cm³/mol. The SMILES string of the molecule is [2H]c1c(C)c2cccc(C)n2c1N. The molecule has 2 rings (SSSR count). The lowest BCUT2D eigenvalue weighted by Crippen LogP contribution is -1.95. The number of anilines is 1. The van der Waals surface area contributed by atoms with Crippen LogP contribution in [0.1, 0.15) is 12.6 Å². The van der Waals surface area contributed by atoms with Crippen molar-refractivity contribution in [1.29, 1.82) is 0 Å². The highest BCUT2D eigenvalue weighted by molar-refractivity contribution is 5.63. The Kier molecular flexibility index (Phi) is 1.16. The molecular weight excluding hydrogens is 148 g/mol. The number of hydrogen-bond donors (Lipinski definition) is 1. The summed E-state index contributed by atoms with van der Waals surface area (Å²) in [5.41, 5.74) is 8.86. The highest BCUT2D eigenvalue weighted by Gasteiger charge is 2.02. The molecule has 0 fully saturated rings. The van der Waals surface area contributed by atoms with Gasteiger partial charge in [0.2, 0.25) is 0 Å². The average Bonchev–Trinajstić information content (AvgIpc) is 2.33. The number of fused-ring (bicyclic) bond motifs is 1. The first kappa shape index (κ1) is 6.12. The summed E-state index contributed by atoms with van der Waals surface area (Å²) in [4.78, 5) is 0. The van der Waals surface area contributed by atoms with E-state index in [0.717, 1.165) is 16.8 Å². The Morgan fingerprint density at radius 1 is 1.42 bits per heavy atom. The summed E-state index contributed by atoms with van der Waals surface area (Å²) < 4.78 is 9.64. The number of nitrogen functional groups attached to an aromatic ring is 1. The van der Waals surface area contributed by atoms with Crippen LogP contribution in [0.4, 0.5) is 5.82 Å². The summed E-state index contributed by atoms with van der Waals surface area (Å²) in [6.45, 7) is 3.91.